The van der Waals surface area contributed by atoms with E-state index >= 15 is 0 Å². The average Bonchev–Trinajstić information content (AvgIpc) is 2.85. The molecule has 128 valence electrons. The van der Waals surface area contributed by atoms with E-state index in [1.165, 1.54) is 6.42 Å². The number of amides is 1. The molecule has 0 spiro atoms. The van der Waals surface area contributed by atoms with Crippen LogP contribution in [0.3, 0.4) is 0 Å². The van der Waals surface area contributed by atoms with Gasteiger partial charge in [0.05, 0.1) is 17.5 Å². The molecule has 1 aliphatic heterocycles. The van der Waals surface area contributed by atoms with Gasteiger partial charge in [-0.25, -0.2) is 8.42 Å². The molecule has 0 aromatic rings. The van der Waals surface area contributed by atoms with Crippen LogP contribution in [-0.2, 0) is 14.6 Å². The molecule has 0 aromatic carbocycles. The summed E-state index contributed by atoms with van der Waals surface area (Å²) in [4.78, 5) is 12.2. The van der Waals surface area contributed by atoms with Crippen molar-refractivity contribution in [2.75, 3.05) is 18.1 Å². The van der Waals surface area contributed by atoms with E-state index < -0.39 is 9.84 Å². The summed E-state index contributed by atoms with van der Waals surface area (Å²) in [5.74, 6) is 1.09. The fourth-order valence-corrected chi connectivity index (χ4v) is 5.81. The first kappa shape index (κ1) is 17.7. The summed E-state index contributed by atoms with van der Waals surface area (Å²) in [6.45, 7) is 9.14. The summed E-state index contributed by atoms with van der Waals surface area (Å²) in [5, 5.41) is 6.35. The van der Waals surface area contributed by atoms with Crippen LogP contribution < -0.4 is 10.6 Å². The Kier molecular flexibility index (Phi) is 5.22. The third-order valence-electron chi connectivity index (χ3n) is 5.08. The van der Waals surface area contributed by atoms with Crippen molar-refractivity contribution in [2.45, 2.75) is 59.0 Å². The summed E-state index contributed by atoms with van der Waals surface area (Å²) >= 11 is 0. The molecular weight excluding hydrogens is 300 g/mol. The number of sulfone groups is 1. The molecule has 0 unspecified atom stereocenters. The molecule has 1 heterocycles. The van der Waals surface area contributed by atoms with Crippen LogP contribution in [0.15, 0.2) is 0 Å². The van der Waals surface area contributed by atoms with Crippen molar-refractivity contribution in [3.63, 3.8) is 0 Å². The van der Waals surface area contributed by atoms with Gasteiger partial charge in [0.2, 0.25) is 5.91 Å². The van der Waals surface area contributed by atoms with Gasteiger partial charge in [0.15, 0.2) is 9.84 Å². The fraction of sp³-hybridized carbons (Fsp3) is 0.938. The number of hydrogen-bond acceptors (Lipinski definition) is 4. The van der Waals surface area contributed by atoms with E-state index in [4.69, 9.17) is 0 Å². The zero-order valence-corrected chi connectivity index (χ0v) is 15.0. The van der Waals surface area contributed by atoms with Crippen molar-refractivity contribution < 1.29 is 13.2 Å². The Balaban J connectivity index is 1.76. The van der Waals surface area contributed by atoms with Crippen molar-refractivity contribution in [3.05, 3.63) is 0 Å². The SMILES string of the molecule is C[C@H](N[C@@H]1CC(C)(C)C[C@H]1C)C(=O)NC[C@H]1CCS(=O)(=O)C1. The van der Waals surface area contributed by atoms with Gasteiger partial charge >= 0.3 is 0 Å². The summed E-state index contributed by atoms with van der Waals surface area (Å²) < 4.78 is 22.8. The maximum atomic E-state index is 12.2. The lowest BCUT2D eigenvalue weighted by atomic mass is 9.91. The molecule has 1 saturated heterocycles. The quantitative estimate of drug-likeness (QED) is 0.798. The summed E-state index contributed by atoms with van der Waals surface area (Å²) in [6.07, 6.45) is 2.93. The second-order valence-electron chi connectivity index (χ2n) is 8.06. The van der Waals surface area contributed by atoms with Crippen LogP contribution in [0.2, 0.25) is 0 Å². The Morgan fingerprint density at radius 2 is 2.00 bits per heavy atom. The lowest BCUT2D eigenvalue weighted by Crippen LogP contribution is -2.48. The molecule has 2 fully saturated rings. The normalized spacial score (nSPS) is 34.5. The van der Waals surface area contributed by atoms with Gasteiger partial charge in [0, 0.05) is 12.6 Å². The fourth-order valence-electron chi connectivity index (χ4n) is 3.94. The highest BCUT2D eigenvalue weighted by molar-refractivity contribution is 7.91. The molecule has 2 rings (SSSR count). The van der Waals surface area contributed by atoms with E-state index in [0.717, 1.165) is 6.42 Å². The number of rotatable bonds is 5. The van der Waals surface area contributed by atoms with E-state index in [2.05, 4.69) is 31.4 Å². The third-order valence-corrected chi connectivity index (χ3v) is 6.92. The molecule has 2 aliphatic rings. The van der Waals surface area contributed by atoms with E-state index in [0.29, 0.717) is 30.3 Å². The minimum atomic E-state index is -2.87. The van der Waals surface area contributed by atoms with Gasteiger partial charge in [0.25, 0.3) is 0 Å². The molecule has 1 saturated carbocycles. The highest BCUT2D eigenvalue weighted by Gasteiger charge is 2.37. The van der Waals surface area contributed by atoms with Crippen LogP contribution in [0.5, 0.6) is 0 Å². The molecular formula is C16H30N2O3S. The molecule has 6 heteroatoms. The number of nitrogens with one attached hydrogen (secondary N) is 2. The first-order chi connectivity index (χ1) is 10.1. The maximum absolute atomic E-state index is 12.2. The monoisotopic (exact) mass is 330 g/mol. The van der Waals surface area contributed by atoms with E-state index in [9.17, 15) is 13.2 Å². The number of carbonyl (C=O) groups excluding carboxylic acids is 1. The minimum Gasteiger partial charge on any atom is -0.354 e. The van der Waals surface area contributed by atoms with Crippen LogP contribution in [0, 0.1) is 17.3 Å². The lowest BCUT2D eigenvalue weighted by Gasteiger charge is -2.23. The van der Waals surface area contributed by atoms with Crippen LogP contribution >= 0.6 is 0 Å². The highest BCUT2D eigenvalue weighted by atomic mass is 32.2. The Morgan fingerprint density at radius 3 is 2.50 bits per heavy atom. The predicted octanol–water partition coefficient (Wildman–Crippen LogP) is 1.34. The minimum absolute atomic E-state index is 0.0267. The molecule has 0 radical (unpaired) electrons. The largest absolute Gasteiger partial charge is 0.354 e. The van der Waals surface area contributed by atoms with E-state index in [1.807, 2.05) is 6.92 Å². The van der Waals surface area contributed by atoms with Crippen molar-refractivity contribution in [1.29, 1.82) is 0 Å². The van der Waals surface area contributed by atoms with Crippen molar-refractivity contribution in [2.24, 2.45) is 17.3 Å². The summed E-state index contributed by atoms with van der Waals surface area (Å²) in [5.41, 5.74) is 0.339. The van der Waals surface area contributed by atoms with Gasteiger partial charge < -0.3 is 10.6 Å². The Bertz CT molecular complexity index is 515. The van der Waals surface area contributed by atoms with Crippen molar-refractivity contribution >= 4 is 15.7 Å². The van der Waals surface area contributed by atoms with Gasteiger partial charge in [0.1, 0.15) is 0 Å². The molecule has 4 atom stereocenters. The van der Waals surface area contributed by atoms with Gasteiger partial charge in [-0.05, 0) is 43.4 Å². The molecule has 0 bridgehead atoms. The maximum Gasteiger partial charge on any atom is 0.236 e. The van der Waals surface area contributed by atoms with Crippen LogP contribution in [0.4, 0.5) is 0 Å². The topological polar surface area (TPSA) is 75.3 Å². The first-order valence-electron chi connectivity index (χ1n) is 8.32. The molecule has 1 amide bonds. The van der Waals surface area contributed by atoms with Crippen molar-refractivity contribution in [1.82, 2.24) is 10.6 Å². The lowest BCUT2D eigenvalue weighted by molar-refractivity contribution is -0.123. The van der Waals surface area contributed by atoms with Crippen LogP contribution in [-0.4, -0.2) is 44.5 Å². The zero-order chi connectivity index (χ0) is 16.5. The van der Waals surface area contributed by atoms with E-state index in [-0.39, 0.29) is 29.4 Å². The third kappa shape index (κ3) is 4.69. The second kappa shape index (κ2) is 6.48. The standard InChI is InChI=1S/C16H30N2O3S/c1-11-7-16(3,4)8-14(11)18-12(2)15(19)17-9-13-5-6-22(20,21)10-13/h11-14,18H,5-10H2,1-4H3,(H,17,19)/t11-,12+,13-,14-/m1/s1. The predicted molar refractivity (Wildman–Crippen MR) is 88.3 cm³/mol. The van der Waals surface area contributed by atoms with E-state index in [1.54, 1.807) is 0 Å². The Hall–Kier alpha value is -0.620. The molecule has 0 aromatic heterocycles. The molecule has 2 N–H and O–H groups in total. The van der Waals surface area contributed by atoms with Gasteiger partial charge in [-0.2, -0.15) is 0 Å². The molecule has 22 heavy (non-hydrogen) atoms. The van der Waals surface area contributed by atoms with Crippen molar-refractivity contribution in [3.8, 4) is 0 Å². The van der Waals surface area contributed by atoms with Crippen LogP contribution in [0.25, 0.3) is 0 Å². The number of carbonyl (C=O) groups is 1. The van der Waals surface area contributed by atoms with Gasteiger partial charge in [-0.3, -0.25) is 4.79 Å². The number of hydrogen-bond donors (Lipinski definition) is 2. The van der Waals surface area contributed by atoms with Gasteiger partial charge in [-0.15, -0.1) is 0 Å². The Labute approximate surface area is 134 Å². The summed E-state index contributed by atoms with van der Waals surface area (Å²) in [6, 6.07) is 0.141. The van der Waals surface area contributed by atoms with Gasteiger partial charge in [-0.1, -0.05) is 20.8 Å². The van der Waals surface area contributed by atoms with Crippen LogP contribution in [0.1, 0.15) is 47.0 Å². The highest BCUT2D eigenvalue weighted by Crippen LogP contribution is 2.40. The summed E-state index contributed by atoms with van der Waals surface area (Å²) in [7, 11) is -2.87. The second-order valence-corrected chi connectivity index (χ2v) is 10.3. The molecule has 1 aliphatic carbocycles. The smallest absolute Gasteiger partial charge is 0.236 e. The Morgan fingerprint density at radius 1 is 1.32 bits per heavy atom. The first-order valence-corrected chi connectivity index (χ1v) is 10.1. The zero-order valence-electron chi connectivity index (χ0n) is 14.2. The molecule has 5 nitrogen and oxygen atoms in total. The average molecular weight is 330 g/mol.